The lowest BCUT2D eigenvalue weighted by Crippen LogP contribution is -2.35. The number of ether oxygens (including phenoxy) is 1. The Hall–Kier alpha value is -1.84. The highest BCUT2D eigenvalue weighted by molar-refractivity contribution is 5.96. The SMILES string of the molecule is CC(C)(C)OC(=O)NCC1=Nc2ccccc2C1. The molecule has 0 spiro atoms. The fourth-order valence-corrected chi connectivity index (χ4v) is 1.79. The molecule has 0 saturated heterocycles. The van der Waals surface area contributed by atoms with E-state index in [0.29, 0.717) is 6.54 Å². The highest BCUT2D eigenvalue weighted by Gasteiger charge is 2.18. The van der Waals surface area contributed by atoms with E-state index in [1.54, 1.807) is 0 Å². The Labute approximate surface area is 107 Å². The summed E-state index contributed by atoms with van der Waals surface area (Å²) in [7, 11) is 0. The second-order valence-corrected chi connectivity index (χ2v) is 5.34. The average molecular weight is 246 g/mol. The molecule has 1 amide bonds. The van der Waals surface area contributed by atoms with Gasteiger partial charge in [-0.2, -0.15) is 0 Å². The second kappa shape index (κ2) is 4.80. The van der Waals surface area contributed by atoms with Crippen LogP contribution in [0.4, 0.5) is 10.5 Å². The lowest BCUT2D eigenvalue weighted by atomic mass is 10.1. The third kappa shape index (κ3) is 3.32. The van der Waals surface area contributed by atoms with Gasteiger partial charge >= 0.3 is 6.09 Å². The maximum atomic E-state index is 11.5. The predicted octanol–water partition coefficient (Wildman–Crippen LogP) is 2.84. The zero-order chi connectivity index (χ0) is 13.2. The monoisotopic (exact) mass is 246 g/mol. The standard InChI is InChI=1S/C14H18N2O2/c1-14(2,3)18-13(17)15-9-11-8-10-6-4-5-7-12(10)16-11/h4-7H,8-9H2,1-3H3,(H,15,17). The number of hydrogen-bond acceptors (Lipinski definition) is 3. The summed E-state index contributed by atoms with van der Waals surface area (Å²) in [6.45, 7) is 5.96. The van der Waals surface area contributed by atoms with Crippen LogP contribution in [0.2, 0.25) is 0 Å². The molecule has 0 aliphatic carbocycles. The van der Waals surface area contributed by atoms with Crippen LogP contribution in [0.25, 0.3) is 0 Å². The van der Waals surface area contributed by atoms with Crippen LogP contribution in [0.5, 0.6) is 0 Å². The van der Waals surface area contributed by atoms with Gasteiger partial charge in [-0.05, 0) is 32.4 Å². The van der Waals surface area contributed by atoms with Crippen molar-refractivity contribution in [2.45, 2.75) is 32.8 Å². The first-order valence-electron chi connectivity index (χ1n) is 6.05. The number of nitrogens with zero attached hydrogens (tertiary/aromatic N) is 1. The number of aliphatic imine (C=N–C) groups is 1. The molecule has 0 radical (unpaired) electrons. The Kier molecular flexibility index (Phi) is 3.36. The Morgan fingerprint density at radius 2 is 2.11 bits per heavy atom. The van der Waals surface area contributed by atoms with Crippen molar-refractivity contribution in [3.05, 3.63) is 29.8 Å². The van der Waals surface area contributed by atoms with Crippen LogP contribution in [-0.2, 0) is 11.2 Å². The van der Waals surface area contributed by atoms with E-state index in [0.717, 1.165) is 17.8 Å². The summed E-state index contributed by atoms with van der Waals surface area (Å²) >= 11 is 0. The smallest absolute Gasteiger partial charge is 0.407 e. The van der Waals surface area contributed by atoms with Gasteiger partial charge in [0.25, 0.3) is 0 Å². The molecule has 96 valence electrons. The molecule has 1 heterocycles. The molecule has 0 atom stereocenters. The first-order chi connectivity index (χ1) is 8.44. The molecule has 1 aliphatic heterocycles. The molecule has 1 aromatic carbocycles. The Balaban J connectivity index is 1.85. The van der Waals surface area contributed by atoms with Gasteiger partial charge < -0.3 is 10.1 Å². The molecule has 0 aromatic heterocycles. The molecule has 0 unspecified atom stereocenters. The van der Waals surface area contributed by atoms with Crippen molar-refractivity contribution in [2.24, 2.45) is 4.99 Å². The maximum Gasteiger partial charge on any atom is 0.407 e. The average Bonchev–Trinajstić information content (AvgIpc) is 2.66. The molecule has 1 aliphatic rings. The Morgan fingerprint density at radius 3 is 2.78 bits per heavy atom. The molecule has 4 nitrogen and oxygen atoms in total. The molecular weight excluding hydrogens is 228 g/mol. The lowest BCUT2D eigenvalue weighted by molar-refractivity contribution is 0.0536. The third-order valence-corrected chi connectivity index (χ3v) is 2.50. The van der Waals surface area contributed by atoms with Gasteiger partial charge in [-0.1, -0.05) is 18.2 Å². The highest BCUT2D eigenvalue weighted by atomic mass is 16.6. The predicted molar refractivity (Wildman–Crippen MR) is 71.5 cm³/mol. The first-order valence-corrected chi connectivity index (χ1v) is 6.05. The number of para-hydroxylation sites is 1. The van der Waals surface area contributed by atoms with Gasteiger partial charge in [0, 0.05) is 12.1 Å². The maximum absolute atomic E-state index is 11.5. The normalized spacial score (nSPS) is 13.8. The molecule has 18 heavy (non-hydrogen) atoms. The van der Waals surface area contributed by atoms with Gasteiger partial charge in [0.2, 0.25) is 0 Å². The number of carbonyl (C=O) groups is 1. The fourth-order valence-electron chi connectivity index (χ4n) is 1.79. The molecule has 4 heteroatoms. The molecule has 0 saturated carbocycles. The number of amides is 1. The van der Waals surface area contributed by atoms with E-state index in [9.17, 15) is 4.79 Å². The van der Waals surface area contributed by atoms with E-state index in [-0.39, 0.29) is 0 Å². The summed E-state index contributed by atoms with van der Waals surface area (Å²) in [6.07, 6.45) is 0.396. The molecule has 0 bridgehead atoms. The zero-order valence-electron chi connectivity index (χ0n) is 11.0. The number of benzene rings is 1. The van der Waals surface area contributed by atoms with Crippen LogP contribution in [0.15, 0.2) is 29.3 Å². The summed E-state index contributed by atoms with van der Waals surface area (Å²) in [6, 6.07) is 8.00. The van der Waals surface area contributed by atoms with Crippen LogP contribution < -0.4 is 5.32 Å². The molecule has 2 rings (SSSR count). The Morgan fingerprint density at radius 1 is 1.39 bits per heavy atom. The number of fused-ring (bicyclic) bond motifs is 1. The highest BCUT2D eigenvalue weighted by Crippen LogP contribution is 2.25. The molecule has 1 aromatic rings. The van der Waals surface area contributed by atoms with Crippen molar-refractivity contribution in [1.82, 2.24) is 5.32 Å². The van der Waals surface area contributed by atoms with Crippen molar-refractivity contribution in [3.63, 3.8) is 0 Å². The first kappa shape index (κ1) is 12.6. The van der Waals surface area contributed by atoms with Crippen molar-refractivity contribution >= 4 is 17.5 Å². The summed E-state index contributed by atoms with van der Waals surface area (Å²) in [4.78, 5) is 16.0. The third-order valence-electron chi connectivity index (χ3n) is 2.50. The van der Waals surface area contributed by atoms with Gasteiger partial charge in [0.1, 0.15) is 5.60 Å². The van der Waals surface area contributed by atoms with Crippen LogP contribution in [0.1, 0.15) is 26.3 Å². The van der Waals surface area contributed by atoms with Gasteiger partial charge in [0.05, 0.1) is 12.2 Å². The van der Waals surface area contributed by atoms with Gasteiger partial charge in [-0.15, -0.1) is 0 Å². The van der Waals surface area contributed by atoms with E-state index in [1.165, 1.54) is 5.56 Å². The van der Waals surface area contributed by atoms with Gasteiger partial charge in [-0.25, -0.2) is 4.79 Å². The number of hydrogen-bond donors (Lipinski definition) is 1. The summed E-state index contributed by atoms with van der Waals surface area (Å²) in [5, 5.41) is 2.72. The second-order valence-electron chi connectivity index (χ2n) is 5.34. The lowest BCUT2D eigenvalue weighted by Gasteiger charge is -2.19. The van der Waals surface area contributed by atoms with Crippen LogP contribution in [0.3, 0.4) is 0 Å². The zero-order valence-corrected chi connectivity index (χ0v) is 11.0. The quantitative estimate of drug-likeness (QED) is 0.872. The summed E-state index contributed by atoms with van der Waals surface area (Å²) < 4.78 is 5.17. The summed E-state index contributed by atoms with van der Waals surface area (Å²) in [5.41, 5.74) is 2.70. The van der Waals surface area contributed by atoms with E-state index in [4.69, 9.17) is 4.74 Å². The van der Waals surface area contributed by atoms with Crippen molar-refractivity contribution in [3.8, 4) is 0 Å². The minimum absolute atomic E-state index is 0.402. The van der Waals surface area contributed by atoms with E-state index >= 15 is 0 Å². The number of rotatable bonds is 2. The van der Waals surface area contributed by atoms with Crippen molar-refractivity contribution in [1.29, 1.82) is 0 Å². The fraction of sp³-hybridized carbons (Fsp3) is 0.429. The topological polar surface area (TPSA) is 50.7 Å². The van der Waals surface area contributed by atoms with E-state index in [1.807, 2.05) is 39.0 Å². The van der Waals surface area contributed by atoms with E-state index < -0.39 is 11.7 Å². The minimum atomic E-state index is -0.468. The largest absolute Gasteiger partial charge is 0.444 e. The minimum Gasteiger partial charge on any atom is -0.444 e. The number of carbonyl (C=O) groups excluding carboxylic acids is 1. The van der Waals surface area contributed by atoms with Gasteiger partial charge in [-0.3, -0.25) is 4.99 Å². The van der Waals surface area contributed by atoms with E-state index in [2.05, 4.69) is 16.4 Å². The van der Waals surface area contributed by atoms with Gasteiger partial charge in [0.15, 0.2) is 0 Å². The molecular formula is C14H18N2O2. The van der Waals surface area contributed by atoms with Crippen molar-refractivity contribution < 1.29 is 9.53 Å². The summed E-state index contributed by atoms with van der Waals surface area (Å²) in [5.74, 6) is 0. The Bertz CT molecular complexity index is 487. The number of nitrogens with one attached hydrogen (secondary N) is 1. The van der Waals surface area contributed by atoms with Crippen molar-refractivity contribution in [2.75, 3.05) is 6.54 Å². The molecule has 1 N–H and O–H groups in total. The van der Waals surface area contributed by atoms with Crippen LogP contribution in [0, 0.1) is 0 Å². The molecule has 0 fully saturated rings. The number of alkyl carbamates (subject to hydrolysis) is 1. The van der Waals surface area contributed by atoms with Crippen LogP contribution in [-0.4, -0.2) is 24.0 Å². The van der Waals surface area contributed by atoms with Crippen LogP contribution >= 0.6 is 0 Å².